The predicted octanol–water partition coefficient (Wildman–Crippen LogP) is 1.45. The summed E-state index contributed by atoms with van der Waals surface area (Å²) in [7, 11) is -4.35. The molecule has 0 aromatic carbocycles. The van der Waals surface area contributed by atoms with Crippen LogP contribution in [-0.4, -0.2) is 24.4 Å². The number of furan rings is 1. The van der Waals surface area contributed by atoms with E-state index in [1.165, 1.54) is 18.2 Å². The molecular weight excluding hydrogens is 258 g/mol. The van der Waals surface area contributed by atoms with Gasteiger partial charge in [-0.15, -0.1) is 0 Å². The maximum absolute atomic E-state index is 11.4. The number of nitrogens with one attached hydrogen (secondary N) is 1. The molecule has 1 heterocycles. The molecule has 100 valence electrons. The van der Waals surface area contributed by atoms with E-state index in [1.807, 2.05) is 20.8 Å². The minimum absolute atomic E-state index is 0.159. The molecule has 7 heteroatoms. The molecule has 1 aromatic heterocycles. The lowest BCUT2D eigenvalue weighted by molar-refractivity contribution is -0.117. The lowest BCUT2D eigenvalue weighted by Gasteiger charge is -2.18. The number of amides is 1. The first-order valence-electron chi connectivity index (χ1n) is 5.15. The van der Waals surface area contributed by atoms with Crippen LogP contribution in [0.3, 0.4) is 0 Å². The normalized spacial score (nSPS) is 12.9. The van der Waals surface area contributed by atoms with E-state index in [0.29, 0.717) is 0 Å². The number of hydrogen-bond donors (Lipinski definition) is 2. The Hall–Kier alpha value is -1.60. The molecule has 0 saturated carbocycles. The predicted molar refractivity (Wildman–Crippen MR) is 65.5 cm³/mol. The molecule has 0 bridgehead atoms. The molecule has 0 spiro atoms. The molecule has 0 aliphatic carbocycles. The number of hydrogen-bond acceptors (Lipinski definition) is 4. The first-order chi connectivity index (χ1) is 8.08. The summed E-state index contributed by atoms with van der Waals surface area (Å²) < 4.78 is 35.0. The number of rotatable bonds is 3. The fourth-order valence-corrected chi connectivity index (χ4v) is 1.57. The first kappa shape index (κ1) is 14.5. The van der Waals surface area contributed by atoms with Crippen molar-refractivity contribution in [1.82, 2.24) is 5.32 Å². The van der Waals surface area contributed by atoms with Crippen molar-refractivity contribution in [2.24, 2.45) is 0 Å². The second-order valence-electron chi connectivity index (χ2n) is 4.70. The summed E-state index contributed by atoms with van der Waals surface area (Å²) in [6.07, 6.45) is 2.54. The average molecular weight is 273 g/mol. The van der Waals surface area contributed by atoms with E-state index in [1.54, 1.807) is 0 Å². The fraction of sp³-hybridized carbons (Fsp3) is 0.364. The van der Waals surface area contributed by atoms with Crippen molar-refractivity contribution in [2.45, 2.75) is 31.4 Å². The van der Waals surface area contributed by atoms with E-state index in [-0.39, 0.29) is 17.2 Å². The van der Waals surface area contributed by atoms with Crippen LogP contribution in [0.2, 0.25) is 0 Å². The molecule has 1 rings (SSSR count). The fourth-order valence-electron chi connectivity index (χ4n) is 1.13. The van der Waals surface area contributed by atoms with Gasteiger partial charge in [0.15, 0.2) is 0 Å². The number of carbonyl (C=O) groups excluding carboxylic acids is 1. The van der Waals surface area contributed by atoms with Crippen molar-refractivity contribution in [2.75, 3.05) is 0 Å². The molecule has 6 nitrogen and oxygen atoms in total. The van der Waals surface area contributed by atoms with Crippen LogP contribution in [0.15, 0.2) is 27.7 Å². The van der Waals surface area contributed by atoms with Crippen molar-refractivity contribution in [1.29, 1.82) is 0 Å². The van der Waals surface area contributed by atoms with Crippen molar-refractivity contribution in [3.8, 4) is 0 Å². The van der Waals surface area contributed by atoms with Gasteiger partial charge in [0.2, 0.25) is 11.0 Å². The third-order valence-corrected chi connectivity index (χ3v) is 2.48. The second-order valence-corrected chi connectivity index (χ2v) is 6.06. The molecular formula is C11H15NO5S. The molecule has 1 amide bonds. The van der Waals surface area contributed by atoms with Crippen LogP contribution in [0.25, 0.3) is 6.08 Å². The molecule has 0 aliphatic rings. The third-order valence-electron chi connectivity index (χ3n) is 1.75. The highest BCUT2D eigenvalue weighted by Gasteiger charge is 2.14. The summed E-state index contributed by atoms with van der Waals surface area (Å²) in [6.45, 7) is 5.51. The maximum atomic E-state index is 11.4. The molecule has 0 atom stereocenters. The van der Waals surface area contributed by atoms with E-state index >= 15 is 0 Å². The molecule has 0 radical (unpaired) electrons. The molecule has 0 fully saturated rings. The molecule has 0 saturated heterocycles. The van der Waals surface area contributed by atoms with Crippen LogP contribution in [0, 0.1) is 0 Å². The Morgan fingerprint density at radius 1 is 1.39 bits per heavy atom. The highest BCUT2D eigenvalue weighted by molar-refractivity contribution is 7.85. The minimum atomic E-state index is -4.35. The van der Waals surface area contributed by atoms with Crippen molar-refractivity contribution < 1.29 is 22.2 Å². The van der Waals surface area contributed by atoms with Gasteiger partial charge in [-0.3, -0.25) is 9.35 Å². The molecule has 18 heavy (non-hydrogen) atoms. The highest BCUT2D eigenvalue weighted by Crippen LogP contribution is 2.14. The molecule has 1 aromatic rings. The van der Waals surface area contributed by atoms with Gasteiger partial charge in [0.1, 0.15) is 5.76 Å². The SMILES string of the molecule is CC(C)(C)NC(=O)C=Cc1ccc(S(=O)(=O)O)o1. The Bertz CT molecular complexity index is 562. The van der Waals surface area contributed by atoms with Gasteiger partial charge in [-0.1, -0.05) is 0 Å². The highest BCUT2D eigenvalue weighted by atomic mass is 32.2. The zero-order valence-electron chi connectivity index (χ0n) is 10.3. The van der Waals surface area contributed by atoms with Gasteiger partial charge in [-0.25, -0.2) is 0 Å². The van der Waals surface area contributed by atoms with Crippen molar-refractivity contribution >= 4 is 22.1 Å². The quantitative estimate of drug-likeness (QED) is 0.642. The number of carbonyl (C=O) groups is 1. The van der Waals surface area contributed by atoms with E-state index in [9.17, 15) is 13.2 Å². The summed E-state index contributed by atoms with van der Waals surface area (Å²) in [5.74, 6) is -0.168. The van der Waals surface area contributed by atoms with Gasteiger partial charge in [-0.05, 0) is 39.0 Å². The van der Waals surface area contributed by atoms with Crippen LogP contribution >= 0.6 is 0 Å². The summed E-state index contributed by atoms with van der Waals surface area (Å²) in [6, 6.07) is 2.45. The molecule has 0 aliphatic heterocycles. The summed E-state index contributed by atoms with van der Waals surface area (Å²) >= 11 is 0. The van der Waals surface area contributed by atoms with E-state index in [0.717, 1.165) is 6.07 Å². The van der Waals surface area contributed by atoms with Gasteiger partial charge in [0, 0.05) is 11.6 Å². The van der Waals surface area contributed by atoms with Gasteiger partial charge >= 0.3 is 10.1 Å². The monoisotopic (exact) mass is 273 g/mol. The Balaban J connectivity index is 2.74. The minimum Gasteiger partial charge on any atom is -0.443 e. The Morgan fingerprint density at radius 3 is 2.44 bits per heavy atom. The van der Waals surface area contributed by atoms with Gasteiger partial charge < -0.3 is 9.73 Å². The van der Waals surface area contributed by atoms with Crippen LogP contribution in [0.5, 0.6) is 0 Å². The van der Waals surface area contributed by atoms with Gasteiger partial charge in [0.25, 0.3) is 0 Å². The van der Waals surface area contributed by atoms with Gasteiger partial charge in [0.05, 0.1) is 0 Å². The summed E-state index contributed by atoms with van der Waals surface area (Å²) in [5, 5.41) is 2.13. The lowest BCUT2D eigenvalue weighted by Crippen LogP contribution is -2.39. The second kappa shape index (κ2) is 4.95. The van der Waals surface area contributed by atoms with Crippen molar-refractivity contribution in [3.63, 3.8) is 0 Å². The average Bonchev–Trinajstić information content (AvgIpc) is 2.59. The van der Waals surface area contributed by atoms with Crippen LogP contribution in [0.1, 0.15) is 26.5 Å². The standard InChI is InChI=1S/C11H15NO5S/c1-11(2,3)12-9(13)6-4-8-5-7-10(17-8)18(14,15)16/h4-7H,1-3H3,(H,12,13)(H,14,15,16). The van der Waals surface area contributed by atoms with Crippen LogP contribution in [-0.2, 0) is 14.9 Å². The summed E-state index contributed by atoms with van der Waals surface area (Å²) in [4.78, 5) is 11.4. The van der Waals surface area contributed by atoms with Gasteiger partial charge in [-0.2, -0.15) is 8.42 Å². The molecule has 2 N–H and O–H groups in total. The Morgan fingerprint density at radius 2 is 2.00 bits per heavy atom. The van der Waals surface area contributed by atoms with E-state index < -0.39 is 15.2 Å². The lowest BCUT2D eigenvalue weighted by atomic mass is 10.1. The van der Waals surface area contributed by atoms with E-state index in [4.69, 9.17) is 8.97 Å². The Kier molecular flexibility index (Phi) is 3.98. The Labute approximate surface area is 105 Å². The maximum Gasteiger partial charge on any atom is 0.328 e. The zero-order chi connectivity index (χ0) is 14.0. The largest absolute Gasteiger partial charge is 0.443 e. The van der Waals surface area contributed by atoms with Crippen LogP contribution < -0.4 is 5.32 Å². The third kappa shape index (κ3) is 4.72. The first-order valence-corrected chi connectivity index (χ1v) is 6.59. The molecule has 0 unspecified atom stereocenters. The smallest absolute Gasteiger partial charge is 0.328 e. The topological polar surface area (TPSA) is 96.6 Å². The summed E-state index contributed by atoms with van der Waals surface area (Å²) in [5.41, 5.74) is -0.357. The van der Waals surface area contributed by atoms with Crippen LogP contribution in [0.4, 0.5) is 0 Å². The van der Waals surface area contributed by atoms with Crippen molar-refractivity contribution in [3.05, 3.63) is 24.0 Å². The van der Waals surface area contributed by atoms with E-state index in [2.05, 4.69) is 5.32 Å². The zero-order valence-corrected chi connectivity index (χ0v) is 11.1.